The Morgan fingerprint density at radius 1 is 1.17 bits per heavy atom. The SMILES string of the molecule is CCPCC.N. The van der Waals surface area contributed by atoms with Crippen LogP contribution < -0.4 is 6.15 Å². The topological polar surface area (TPSA) is 35.0 Å². The summed E-state index contributed by atoms with van der Waals surface area (Å²) in [6.07, 6.45) is 2.74. The molecule has 2 heteroatoms. The standard InChI is InChI=1S/C4H11P.H3N/c1-3-5-4-2;/h5H,3-4H2,1-2H3;1H3. The highest BCUT2D eigenvalue weighted by Gasteiger charge is 1.66. The van der Waals surface area contributed by atoms with Crippen LogP contribution in [-0.2, 0) is 0 Å². The Bertz CT molecular complexity index is 15.0. The minimum absolute atomic E-state index is 0. The quantitative estimate of drug-likeness (QED) is 0.537. The van der Waals surface area contributed by atoms with Gasteiger partial charge in [-0.05, 0) is 12.3 Å². The van der Waals surface area contributed by atoms with E-state index < -0.39 is 0 Å². The highest BCUT2D eigenvalue weighted by Crippen LogP contribution is 2.03. The first-order valence-corrected chi connectivity index (χ1v) is 3.54. The molecular weight excluding hydrogens is 93.0 g/mol. The number of hydrogen-bond donors (Lipinski definition) is 1. The molecule has 0 spiro atoms. The molecule has 0 aliphatic rings. The van der Waals surface area contributed by atoms with Gasteiger partial charge in [-0.3, -0.25) is 0 Å². The Morgan fingerprint density at radius 2 is 1.50 bits per heavy atom. The van der Waals surface area contributed by atoms with Crippen molar-refractivity contribution in [3.63, 3.8) is 0 Å². The number of hydrogen-bond acceptors (Lipinski definition) is 1. The lowest BCUT2D eigenvalue weighted by Crippen LogP contribution is -1.59. The molecule has 0 bridgehead atoms. The van der Waals surface area contributed by atoms with Crippen LogP contribution in [0.1, 0.15) is 13.8 Å². The second-order valence-electron chi connectivity index (χ2n) is 0.957. The predicted molar refractivity (Wildman–Crippen MR) is 34.4 cm³/mol. The zero-order chi connectivity index (χ0) is 4.12. The Hall–Kier alpha value is 0.390. The van der Waals surface area contributed by atoms with Crippen LogP contribution in [0.2, 0.25) is 0 Å². The lowest BCUT2D eigenvalue weighted by atomic mass is 11.0. The average Bonchev–Trinajstić information content (AvgIpc) is 1.41. The van der Waals surface area contributed by atoms with E-state index in [9.17, 15) is 0 Å². The molecule has 40 valence electrons. The molecule has 0 aromatic rings. The minimum Gasteiger partial charge on any atom is -0.344 e. The molecule has 0 saturated heterocycles. The van der Waals surface area contributed by atoms with Gasteiger partial charge in [0.15, 0.2) is 0 Å². The van der Waals surface area contributed by atoms with Crippen LogP contribution in [0.25, 0.3) is 0 Å². The second kappa shape index (κ2) is 9.04. The molecule has 0 heterocycles. The summed E-state index contributed by atoms with van der Waals surface area (Å²) in [4.78, 5) is 0. The van der Waals surface area contributed by atoms with Crippen molar-refractivity contribution >= 4 is 8.58 Å². The molecule has 6 heavy (non-hydrogen) atoms. The van der Waals surface area contributed by atoms with Crippen molar-refractivity contribution in [2.24, 2.45) is 0 Å². The van der Waals surface area contributed by atoms with Crippen LogP contribution in [-0.4, -0.2) is 12.3 Å². The Labute approximate surface area is 41.9 Å². The van der Waals surface area contributed by atoms with E-state index in [0.717, 1.165) is 0 Å². The van der Waals surface area contributed by atoms with Crippen molar-refractivity contribution in [2.45, 2.75) is 13.8 Å². The molecule has 0 aliphatic carbocycles. The second-order valence-corrected chi connectivity index (χ2v) is 2.87. The molecule has 3 N–H and O–H groups in total. The predicted octanol–water partition coefficient (Wildman–Crippen LogP) is 1.87. The average molecular weight is 107 g/mol. The van der Waals surface area contributed by atoms with Gasteiger partial charge in [-0.2, -0.15) is 0 Å². The van der Waals surface area contributed by atoms with E-state index in [2.05, 4.69) is 13.8 Å². The van der Waals surface area contributed by atoms with Crippen molar-refractivity contribution in [3.05, 3.63) is 0 Å². The summed E-state index contributed by atoms with van der Waals surface area (Å²) in [7, 11) is 1.20. The summed E-state index contributed by atoms with van der Waals surface area (Å²) >= 11 is 0. The lowest BCUT2D eigenvalue weighted by Gasteiger charge is -1.80. The molecule has 0 aromatic carbocycles. The maximum atomic E-state index is 2.22. The molecule has 0 amide bonds. The van der Waals surface area contributed by atoms with Gasteiger partial charge < -0.3 is 6.15 Å². The molecule has 0 rings (SSSR count). The van der Waals surface area contributed by atoms with Crippen LogP contribution in [0.3, 0.4) is 0 Å². The molecule has 0 saturated carbocycles. The third kappa shape index (κ3) is 8.83. The van der Waals surface area contributed by atoms with Crippen molar-refractivity contribution in [1.29, 1.82) is 0 Å². The Kier molecular flexibility index (Phi) is 14.5. The van der Waals surface area contributed by atoms with Gasteiger partial charge in [-0.15, -0.1) is 8.58 Å². The van der Waals surface area contributed by atoms with Crippen LogP contribution >= 0.6 is 8.58 Å². The summed E-state index contributed by atoms with van der Waals surface area (Å²) in [5.74, 6) is 0. The highest BCUT2D eigenvalue weighted by atomic mass is 31.1. The summed E-state index contributed by atoms with van der Waals surface area (Å²) in [6.45, 7) is 4.45. The van der Waals surface area contributed by atoms with Gasteiger partial charge in [0.1, 0.15) is 0 Å². The van der Waals surface area contributed by atoms with Gasteiger partial charge in [-0.25, -0.2) is 0 Å². The Morgan fingerprint density at radius 3 is 1.50 bits per heavy atom. The smallest absolute Gasteiger partial charge is 0.0382 e. The number of rotatable bonds is 2. The zero-order valence-corrected chi connectivity index (χ0v) is 5.62. The van der Waals surface area contributed by atoms with E-state index in [4.69, 9.17) is 0 Å². The van der Waals surface area contributed by atoms with E-state index in [-0.39, 0.29) is 6.15 Å². The normalized spacial score (nSPS) is 7.00. The van der Waals surface area contributed by atoms with E-state index in [1.54, 1.807) is 0 Å². The molecule has 0 unspecified atom stereocenters. The molecular formula is C4H14NP. The summed E-state index contributed by atoms with van der Waals surface area (Å²) in [5, 5.41) is 0. The summed E-state index contributed by atoms with van der Waals surface area (Å²) in [6, 6.07) is 0. The van der Waals surface area contributed by atoms with Gasteiger partial charge in [0.2, 0.25) is 0 Å². The maximum Gasteiger partial charge on any atom is -0.0382 e. The van der Waals surface area contributed by atoms with Crippen molar-refractivity contribution in [2.75, 3.05) is 12.3 Å². The third-order valence-electron chi connectivity index (χ3n) is 0.500. The van der Waals surface area contributed by atoms with Crippen molar-refractivity contribution in [1.82, 2.24) is 6.15 Å². The molecule has 0 radical (unpaired) electrons. The summed E-state index contributed by atoms with van der Waals surface area (Å²) < 4.78 is 0. The largest absolute Gasteiger partial charge is 0.344 e. The Balaban J connectivity index is 0. The fraction of sp³-hybridized carbons (Fsp3) is 1.00. The maximum absolute atomic E-state index is 2.22. The van der Waals surface area contributed by atoms with Gasteiger partial charge in [0, 0.05) is 0 Å². The lowest BCUT2D eigenvalue weighted by molar-refractivity contribution is 1.44. The van der Waals surface area contributed by atoms with Crippen LogP contribution in [0.4, 0.5) is 0 Å². The molecule has 1 nitrogen and oxygen atoms in total. The van der Waals surface area contributed by atoms with Gasteiger partial charge >= 0.3 is 0 Å². The molecule has 0 atom stereocenters. The monoisotopic (exact) mass is 107 g/mol. The van der Waals surface area contributed by atoms with Crippen molar-refractivity contribution < 1.29 is 0 Å². The fourth-order valence-corrected chi connectivity index (χ4v) is 0.750. The third-order valence-corrected chi connectivity index (χ3v) is 1.50. The van der Waals surface area contributed by atoms with Crippen LogP contribution in [0, 0.1) is 0 Å². The van der Waals surface area contributed by atoms with Gasteiger partial charge in [-0.1, -0.05) is 13.8 Å². The van der Waals surface area contributed by atoms with E-state index in [0.29, 0.717) is 0 Å². The van der Waals surface area contributed by atoms with Gasteiger partial charge in [0.25, 0.3) is 0 Å². The van der Waals surface area contributed by atoms with E-state index >= 15 is 0 Å². The minimum atomic E-state index is 0. The first-order chi connectivity index (χ1) is 2.41. The molecule has 0 fully saturated rings. The fourth-order valence-electron chi connectivity index (χ4n) is 0.250. The van der Waals surface area contributed by atoms with E-state index in [1.807, 2.05) is 0 Å². The van der Waals surface area contributed by atoms with Crippen molar-refractivity contribution in [3.8, 4) is 0 Å². The first-order valence-electron chi connectivity index (χ1n) is 2.12. The summed E-state index contributed by atoms with van der Waals surface area (Å²) in [5.41, 5.74) is 0. The van der Waals surface area contributed by atoms with E-state index in [1.165, 1.54) is 20.9 Å². The van der Waals surface area contributed by atoms with Crippen LogP contribution in [0.5, 0.6) is 0 Å². The molecule has 0 aromatic heterocycles. The van der Waals surface area contributed by atoms with Gasteiger partial charge in [0.05, 0.1) is 0 Å². The highest BCUT2D eigenvalue weighted by molar-refractivity contribution is 7.37. The molecule has 0 aliphatic heterocycles. The zero-order valence-electron chi connectivity index (χ0n) is 4.62. The van der Waals surface area contributed by atoms with Crippen LogP contribution in [0.15, 0.2) is 0 Å². The first kappa shape index (κ1) is 9.63.